The van der Waals surface area contributed by atoms with Crippen LogP contribution in [-0.2, 0) is 4.79 Å². The lowest BCUT2D eigenvalue weighted by Gasteiger charge is -2.29. The Balaban J connectivity index is 2.25. The summed E-state index contributed by atoms with van der Waals surface area (Å²) in [5.41, 5.74) is 0. The molecule has 1 heterocycles. The quantitative estimate of drug-likeness (QED) is 0.715. The van der Waals surface area contributed by atoms with Gasteiger partial charge in [0.15, 0.2) is 0 Å². The Morgan fingerprint density at radius 1 is 1.39 bits per heavy atom. The van der Waals surface area contributed by atoms with Crippen LogP contribution in [0.5, 0.6) is 0 Å². The summed E-state index contributed by atoms with van der Waals surface area (Å²) in [7, 11) is 0. The summed E-state index contributed by atoms with van der Waals surface area (Å²) in [6.07, 6.45) is 2.48. The highest BCUT2D eigenvalue weighted by molar-refractivity contribution is 5.77. The molecule has 0 atom stereocenters. The summed E-state index contributed by atoms with van der Waals surface area (Å²) < 4.78 is 0. The number of hydrogen-bond acceptors (Lipinski definition) is 3. The first-order valence-electron chi connectivity index (χ1n) is 7.31. The number of carbonyl (C=O) groups excluding carboxylic acids is 1. The van der Waals surface area contributed by atoms with Crippen molar-refractivity contribution in [1.82, 2.24) is 15.5 Å². The lowest BCUT2D eigenvalue weighted by atomic mass is 9.97. The number of piperidine rings is 1. The zero-order valence-electron chi connectivity index (χ0n) is 12.2. The lowest BCUT2D eigenvalue weighted by molar-refractivity contribution is -0.122. The smallest absolute Gasteiger partial charge is 0.234 e. The van der Waals surface area contributed by atoms with Crippen LogP contribution in [-0.4, -0.2) is 50.1 Å². The second kappa shape index (κ2) is 8.48. The van der Waals surface area contributed by atoms with E-state index in [1.54, 1.807) is 0 Å². The number of hydrogen-bond donors (Lipinski definition) is 2. The second-order valence-corrected chi connectivity index (χ2v) is 5.72. The molecular weight excluding hydrogens is 226 g/mol. The minimum absolute atomic E-state index is 0.166. The van der Waals surface area contributed by atoms with Gasteiger partial charge in [-0.1, -0.05) is 20.8 Å². The van der Waals surface area contributed by atoms with Crippen molar-refractivity contribution in [3.05, 3.63) is 0 Å². The van der Waals surface area contributed by atoms with Crippen LogP contribution in [0.25, 0.3) is 0 Å². The number of amides is 1. The van der Waals surface area contributed by atoms with Crippen molar-refractivity contribution >= 4 is 5.91 Å². The number of rotatable bonds is 7. The molecule has 0 unspecified atom stereocenters. The first-order valence-corrected chi connectivity index (χ1v) is 7.31. The number of likely N-dealkylation sites (N-methyl/N-ethyl adjacent to an activating group) is 1. The molecule has 0 spiro atoms. The molecule has 18 heavy (non-hydrogen) atoms. The van der Waals surface area contributed by atoms with Crippen molar-refractivity contribution in [3.63, 3.8) is 0 Å². The molecule has 1 rings (SSSR count). The van der Waals surface area contributed by atoms with Crippen molar-refractivity contribution in [2.45, 2.75) is 33.6 Å². The highest BCUT2D eigenvalue weighted by Crippen LogP contribution is 2.13. The van der Waals surface area contributed by atoms with Gasteiger partial charge >= 0.3 is 0 Å². The average Bonchev–Trinajstić information content (AvgIpc) is 2.37. The average molecular weight is 255 g/mol. The zero-order valence-corrected chi connectivity index (χ0v) is 12.2. The molecular formula is C14H29N3O. The summed E-state index contributed by atoms with van der Waals surface area (Å²) in [5.74, 6) is 1.44. The van der Waals surface area contributed by atoms with Crippen molar-refractivity contribution in [3.8, 4) is 0 Å². The van der Waals surface area contributed by atoms with Crippen LogP contribution in [0.3, 0.4) is 0 Å². The van der Waals surface area contributed by atoms with Gasteiger partial charge in [-0.15, -0.1) is 0 Å². The molecule has 0 aromatic heterocycles. The van der Waals surface area contributed by atoms with E-state index in [1.807, 2.05) is 0 Å². The van der Waals surface area contributed by atoms with Crippen molar-refractivity contribution in [2.24, 2.45) is 11.8 Å². The predicted molar refractivity (Wildman–Crippen MR) is 75.6 cm³/mol. The van der Waals surface area contributed by atoms with Crippen LogP contribution in [0.15, 0.2) is 0 Å². The molecule has 4 heteroatoms. The zero-order chi connectivity index (χ0) is 13.4. The molecule has 1 amide bonds. The maximum Gasteiger partial charge on any atom is 0.234 e. The van der Waals surface area contributed by atoms with Gasteiger partial charge in [0.05, 0.1) is 6.54 Å². The Morgan fingerprint density at radius 3 is 2.61 bits per heavy atom. The maximum absolute atomic E-state index is 11.8. The monoisotopic (exact) mass is 255 g/mol. The fourth-order valence-electron chi connectivity index (χ4n) is 2.31. The van der Waals surface area contributed by atoms with E-state index in [4.69, 9.17) is 0 Å². The summed E-state index contributed by atoms with van der Waals surface area (Å²) in [6, 6.07) is 0. The highest BCUT2D eigenvalue weighted by atomic mass is 16.2. The van der Waals surface area contributed by atoms with Gasteiger partial charge < -0.3 is 10.6 Å². The third-order valence-electron chi connectivity index (χ3n) is 3.50. The van der Waals surface area contributed by atoms with Gasteiger partial charge in [-0.3, -0.25) is 9.69 Å². The Hall–Kier alpha value is -0.610. The molecule has 4 nitrogen and oxygen atoms in total. The molecule has 1 aliphatic rings. The minimum Gasteiger partial charge on any atom is -0.355 e. The fraction of sp³-hybridized carbons (Fsp3) is 0.929. The van der Waals surface area contributed by atoms with Crippen molar-refractivity contribution in [1.29, 1.82) is 0 Å². The largest absolute Gasteiger partial charge is 0.355 e. The summed E-state index contributed by atoms with van der Waals surface area (Å²) in [6.45, 7) is 12.0. The highest BCUT2D eigenvalue weighted by Gasteiger charge is 2.17. The molecule has 0 aromatic carbocycles. The Bertz CT molecular complexity index is 237. The van der Waals surface area contributed by atoms with Gasteiger partial charge in [0, 0.05) is 13.1 Å². The third-order valence-corrected chi connectivity index (χ3v) is 3.50. The van der Waals surface area contributed by atoms with Crippen LogP contribution in [0, 0.1) is 11.8 Å². The van der Waals surface area contributed by atoms with E-state index in [1.165, 1.54) is 12.8 Å². The first-order chi connectivity index (χ1) is 8.61. The summed E-state index contributed by atoms with van der Waals surface area (Å²) in [5, 5.41) is 6.37. The standard InChI is InChI=1S/C14H29N3O/c1-4-17(10-13-5-7-15-8-6-13)11-14(18)16-9-12(2)3/h12-13,15H,4-11H2,1-3H3,(H,16,18). The molecule has 1 aliphatic heterocycles. The fourth-order valence-corrected chi connectivity index (χ4v) is 2.31. The van der Waals surface area contributed by atoms with Crippen LogP contribution >= 0.6 is 0 Å². The Morgan fingerprint density at radius 2 is 2.06 bits per heavy atom. The van der Waals surface area contributed by atoms with E-state index in [9.17, 15) is 4.79 Å². The maximum atomic E-state index is 11.8. The number of nitrogens with zero attached hydrogens (tertiary/aromatic N) is 1. The molecule has 1 fully saturated rings. The minimum atomic E-state index is 0.166. The van der Waals surface area contributed by atoms with E-state index in [2.05, 4.69) is 36.3 Å². The molecule has 0 saturated carbocycles. The van der Waals surface area contributed by atoms with Gasteiger partial charge in [0.25, 0.3) is 0 Å². The van der Waals surface area contributed by atoms with Crippen molar-refractivity contribution in [2.75, 3.05) is 39.3 Å². The predicted octanol–water partition coefficient (Wildman–Crippen LogP) is 1.08. The Labute approximate surface area is 111 Å². The van der Waals surface area contributed by atoms with Crippen LogP contribution < -0.4 is 10.6 Å². The molecule has 0 bridgehead atoms. The Kier molecular flexibility index (Phi) is 7.28. The summed E-state index contributed by atoms with van der Waals surface area (Å²) in [4.78, 5) is 14.1. The molecule has 0 aromatic rings. The first kappa shape index (κ1) is 15.4. The number of carbonyl (C=O) groups is 1. The van der Waals surface area contributed by atoms with Crippen LogP contribution in [0.4, 0.5) is 0 Å². The molecule has 0 radical (unpaired) electrons. The van der Waals surface area contributed by atoms with Crippen molar-refractivity contribution < 1.29 is 4.79 Å². The molecule has 106 valence electrons. The lowest BCUT2D eigenvalue weighted by Crippen LogP contribution is -2.42. The normalized spacial score (nSPS) is 17.4. The number of nitrogens with one attached hydrogen (secondary N) is 2. The third kappa shape index (κ3) is 6.36. The summed E-state index contributed by atoms with van der Waals surface area (Å²) >= 11 is 0. The van der Waals surface area contributed by atoms with Crippen LogP contribution in [0.1, 0.15) is 33.6 Å². The van der Waals surface area contributed by atoms with E-state index in [-0.39, 0.29) is 5.91 Å². The topological polar surface area (TPSA) is 44.4 Å². The molecule has 2 N–H and O–H groups in total. The van der Waals surface area contributed by atoms with Gasteiger partial charge in [-0.05, 0) is 44.3 Å². The van der Waals surface area contributed by atoms with Gasteiger partial charge in [0.2, 0.25) is 5.91 Å². The molecule has 0 aliphatic carbocycles. The second-order valence-electron chi connectivity index (χ2n) is 5.72. The van der Waals surface area contributed by atoms with Gasteiger partial charge in [-0.25, -0.2) is 0 Å². The van der Waals surface area contributed by atoms with Gasteiger partial charge in [-0.2, -0.15) is 0 Å². The molecule has 1 saturated heterocycles. The van der Waals surface area contributed by atoms with E-state index < -0.39 is 0 Å². The van der Waals surface area contributed by atoms with Crippen LogP contribution in [0.2, 0.25) is 0 Å². The van der Waals surface area contributed by atoms with E-state index in [0.29, 0.717) is 12.5 Å². The van der Waals surface area contributed by atoms with Gasteiger partial charge in [0.1, 0.15) is 0 Å². The van der Waals surface area contributed by atoms with E-state index >= 15 is 0 Å². The van der Waals surface area contributed by atoms with E-state index in [0.717, 1.165) is 38.6 Å². The SMILES string of the molecule is CCN(CC(=O)NCC(C)C)CC1CCNCC1.